The molecule has 0 aliphatic carbocycles. The monoisotopic (exact) mass is 443 g/mol. The number of ketones is 1. The summed E-state index contributed by atoms with van der Waals surface area (Å²) in [7, 11) is 0. The Hall–Kier alpha value is -2.74. The van der Waals surface area contributed by atoms with E-state index in [4.69, 9.17) is 14.2 Å². The van der Waals surface area contributed by atoms with E-state index in [1.54, 1.807) is 6.92 Å². The van der Waals surface area contributed by atoms with Crippen LogP contribution in [0.2, 0.25) is 0 Å². The van der Waals surface area contributed by atoms with Crippen LogP contribution in [-0.4, -0.2) is 54.3 Å². The van der Waals surface area contributed by atoms with Crippen LogP contribution in [0, 0.1) is 5.82 Å². The van der Waals surface area contributed by atoms with Gasteiger partial charge in [-0.25, -0.2) is 4.98 Å². The first-order valence-corrected chi connectivity index (χ1v) is 11.3. The summed E-state index contributed by atoms with van der Waals surface area (Å²) in [5, 5.41) is 0. The number of hydrogen-bond donors (Lipinski definition) is 0. The second-order valence-electron chi connectivity index (χ2n) is 8.60. The third kappa shape index (κ3) is 5.54. The molecule has 1 aromatic carbocycles. The largest absolute Gasteiger partial charge is 0.489 e. The number of nitrogens with zero attached hydrogens (tertiary/aromatic N) is 3. The molecule has 32 heavy (non-hydrogen) atoms. The third-order valence-electron chi connectivity index (χ3n) is 5.98. The molecule has 0 spiro atoms. The van der Waals surface area contributed by atoms with Crippen LogP contribution < -0.4 is 14.4 Å². The Kier molecular flexibility index (Phi) is 7.19. The Morgan fingerprint density at radius 1 is 1.16 bits per heavy atom. The van der Waals surface area contributed by atoms with E-state index in [-0.39, 0.29) is 35.6 Å². The summed E-state index contributed by atoms with van der Waals surface area (Å²) in [6.07, 6.45) is 3.95. The normalized spacial score (nSPS) is 20.2. The zero-order chi connectivity index (χ0) is 22.5. The van der Waals surface area contributed by atoms with Gasteiger partial charge in [0.2, 0.25) is 5.82 Å². The number of hydrogen-bond acceptors (Lipinski definition) is 7. The lowest BCUT2D eigenvalue weighted by atomic mass is 9.96. The maximum absolute atomic E-state index is 15.1. The Labute approximate surface area is 187 Å². The number of Topliss-reactive ketones (excluding diaryl/α,β-unsaturated/α-hetero) is 1. The zero-order valence-electron chi connectivity index (χ0n) is 18.6. The summed E-state index contributed by atoms with van der Waals surface area (Å²) in [6, 6.07) is 7.86. The summed E-state index contributed by atoms with van der Waals surface area (Å²) < 4.78 is 32.3. The van der Waals surface area contributed by atoms with E-state index in [2.05, 4.69) is 9.97 Å². The smallest absolute Gasteiger partial charge is 0.256 e. The van der Waals surface area contributed by atoms with Gasteiger partial charge in [0.15, 0.2) is 5.82 Å². The quantitative estimate of drug-likeness (QED) is 0.612. The molecule has 2 aromatic rings. The van der Waals surface area contributed by atoms with Gasteiger partial charge in [-0.15, -0.1) is 0 Å². The Bertz CT molecular complexity index is 918. The fraction of sp³-hybridized carbons (Fsp3) is 0.542. The second kappa shape index (κ2) is 10.3. The van der Waals surface area contributed by atoms with E-state index in [1.807, 2.05) is 36.1 Å². The highest BCUT2D eigenvalue weighted by Gasteiger charge is 2.29. The van der Waals surface area contributed by atoms with E-state index in [0.29, 0.717) is 32.7 Å². The van der Waals surface area contributed by atoms with Crippen LogP contribution in [0.5, 0.6) is 11.6 Å². The molecule has 2 fully saturated rings. The highest BCUT2D eigenvalue weighted by molar-refractivity contribution is 5.76. The molecule has 2 aliphatic heterocycles. The number of halogens is 1. The van der Waals surface area contributed by atoms with Gasteiger partial charge in [-0.2, -0.15) is 9.37 Å². The lowest BCUT2D eigenvalue weighted by Crippen LogP contribution is -2.28. The maximum Gasteiger partial charge on any atom is 0.256 e. The molecule has 0 bridgehead atoms. The Morgan fingerprint density at radius 3 is 2.62 bits per heavy atom. The number of rotatable bonds is 8. The molecule has 2 saturated heterocycles. The highest BCUT2D eigenvalue weighted by Crippen LogP contribution is 2.29. The van der Waals surface area contributed by atoms with Crippen molar-refractivity contribution in [3.05, 3.63) is 42.0 Å². The van der Waals surface area contributed by atoms with Gasteiger partial charge in [-0.05, 0) is 30.5 Å². The highest BCUT2D eigenvalue weighted by atomic mass is 19.1. The fourth-order valence-corrected chi connectivity index (χ4v) is 4.23. The van der Waals surface area contributed by atoms with Gasteiger partial charge in [-0.1, -0.05) is 19.1 Å². The van der Waals surface area contributed by atoms with E-state index in [9.17, 15) is 4.79 Å². The first kappa shape index (κ1) is 22.5. The minimum atomic E-state index is -0.525. The predicted octanol–water partition coefficient (Wildman–Crippen LogP) is 3.91. The average Bonchev–Trinajstić information content (AvgIpc) is 3.24. The molecule has 3 heterocycles. The number of carbonyl (C=O) groups is 1. The number of aromatic nitrogens is 2. The van der Waals surface area contributed by atoms with Crippen molar-refractivity contribution >= 4 is 11.6 Å². The summed E-state index contributed by atoms with van der Waals surface area (Å²) in [6.45, 7) is 6.07. The molecular weight excluding hydrogens is 413 g/mol. The molecule has 172 valence electrons. The molecule has 4 rings (SSSR count). The van der Waals surface area contributed by atoms with Gasteiger partial charge in [0.05, 0.1) is 19.8 Å². The van der Waals surface area contributed by atoms with Crippen molar-refractivity contribution in [2.45, 2.75) is 57.7 Å². The van der Waals surface area contributed by atoms with Crippen molar-refractivity contribution < 1.29 is 23.4 Å². The third-order valence-corrected chi connectivity index (χ3v) is 5.98. The van der Waals surface area contributed by atoms with E-state index >= 15 is 4.39 Å². The lowest BCUT2D eigenvalue weighted by molar-refractivity contribution is -0.117. The van der Waals surface area contributed by atoms with Crippen LogP contribution in [-0.2, 0) is 9.53 Å². The van der Waals surface area contributed by atoms with Gasteiger partial charge in [0.25, 0.3) is 5.88 Å². The number of carbonyl (C=O) groups excluding carboxylic acids is 1. The minimum Gasteiger partial charge on any atom is -0.489 e. The fourth-order valence-electron chi connectivity index (χ4n) is 4.23. The summed E-state index contributed by atoms with van der Waals surface area (Å²) in [4.78, 5) is 21.4. The van der Waals surface area contributed by atoms with Crippen molar-refractivity contribution in [3.8, 4) is 11.6 Å². The molecule has 0 N–H and O–H groups in total. The topological polar surface area (TPSA) is 73.8 Å². The van der Waals surface area contributed by atoms with Crippen molar-refractivity contribution in [2.75, 3.05) is 31.2 Å². The Balaban J connectivity index is 1.35. The number of ether oxygens (including phenoxy) is 3. The molecule has 8 heteroatoms. The standard InChI is InChI=1S/C24H30FN3O4/c1-16(13-17(2)29)18-3-5-19(6-4-18)31-21-7-10-28(14-21)23-22(25)24(27-15-26-23)32-20-8-11-30-12-9-20/h3-6,15-16,20-21H,7-14H2,1-2H3/t16-,21-/m1/s1. The first-order chi connectivity index (χ1) is 15.5. The molecular formula is C24H30FN3O4. The van der Waals surface area contributed by atoms with Crippen molar-refractivity contribution in [1.82, 2.24) is 9.97 Å². The summed E-state index contributed by atoms with van der Waals surface area (Å²) in [5.74, 6) is 0.859. The SMILES string of the molecule is CC(=O)C[C@@H](C)c1ccc(O[C@@H]2CCN(c3ncnc(OC4CCOCC4)c3F)C2)cc1. The average molecular weight is 444 g/mol. The molecule has 1 aromatic heterocycles. The second-order valence-corrected chi connectivity index (χ2v) is 8.60. The zero-order valence-corrected chi connectivity index (χ0v) is 18.6. The predicted molar refractivity (Wildman–Crippen MR) is 118 cm³/mol. The van der Waals surface area contributed by atoms with E-state index < -0.39 is 5.82 Å². The van der Waals surface area contributed by atoms with Gasteiger partial charge in [0, 0.05) is 32.2 Å². The molecule has 0 amide bonds. The van der Waals surface area contributed by atoms with Crippen LogP contribution >= 0.6 is 0 Å². The maximum atomic E-state index is 15.1. The van der Waals surface area contributed by atoms with E-state index in [1.165, 1.54) is 6.33 Å². The lowest BCUT2D eigenvalue weighted by Gasteiger charge is -2.24. The van der Waals surface area contributed by atoms with Crippen molar-refractivity contribution in [2.24, 2.45) is 0 Å². The molecule has 2 aliphatic rings. The molecule has 2 atom stereocenters. The summed E-state index contributed by atoms with van der Waals surface area (Å²) in [5.41, 5.74) is 1.11. The Morgan fingerprint density at radius 2 is 1.91 bits per heavy atom. The molecule has 7 nitrogen and oxygen atoms in total. The molecule has 0 saturated carbocycles. The molecule has 0 radical (unpaired) electrons. The van der Waals surface area contributed by atoms with Gasteiger partial charge in [-0.3, -0.25) is 0 Å². The van der Waals surface area contributed by atoms with Gasteiger partial charge in [0.1, 0.15) is 30.1 Å². The van der Waals surface area contributed by atoms with Crippen LogP contribution in [0.15, 0.2) is 30.6 Å². The number of benzene rings is 1. The van der Waals surface area contributed by atoms with Gasteiger partial charge >= 0.3 is 0 Å². The minimum absolute atomic E-state index is 0.00142. The van der Waals surface area contributed by atoms with Crippen LogP contribution in [0.1, 0.15) is 51.0 Å². The van der Waals surface area contributed by atoms with Crippen LogP contribution in [0.25, 0.3) is 0 Å². The number of anilines is 1. The molecule has 0 unspecified atom stereocenters. The summed E-state index contributed by atoms with van der Waals surface area (Å²) >= 11 is 0. The first-order valence-electron chi connectivity index (χ1n) is 11.3. The van der Waals surface area contributed by atoms with Crippen molar-refractivity contribution in [1.29, 1.82) is 0 Å². The van der Waals surface area contributed by atoms with Gasteiger partial charge < -0.3 is 23.9 Å². The van der Waals surface area contributed by atoms with E-state index in [0.717, 1.165) is 30.6 Å². The van der Waals surface area contributed by atoms with Crippen LogP contribution in [0.4, 0.5) is 10.2 Å². The van der Waals surface area contributed by atoms with Crippen LogP contribution in [0.3, 0.4) is 0 Å². The van der Waals surface area contributed by atoms with Crippen molar-refractivity contribution in [3.63, 3.8) is 0 Å².